The Morgan fingerprint density at radius 1 is 1.33 bits per heavy atom. The summed E-state index contributed by atoms with van der Waals surface area (Å²) in [5, 5.41) is -0.0380. The first-order valence-corrected chi connectivity index (χ1v) is 8.04. The van der Waals surface area contributed by atoms with Crippen LogP contribution < -0.4 is 0 Å². The van der Waals surface area contributed by atoms with Crippen LogP contribution in [0.15, 0.2) is 22.7 Å². The van der Waals surface area contributed by atoms with E-state index in [0.717, 1.165) is 0 Å². The van der Waals surface area contributed by atoms with Gasteiger partial charge in [0.25, 0.3) is 5.78 Å². The van der Waals surface area contributed by atoms with Gasteiger partial charge in [-0.05, 0) is 12.1 Å². The molecule has 0 atom stereocenters. The number of alkyl halides is 3. The van der Waals surface area contributed by atoms with Crippen LogP contribution in [0, 0.1) is 0 Å². The minimum absolute atomic E-state index is 0.0380. The predicted molar refractivity (Wildman–Crippen MR) is 72.1 cm³/mol. The van der Waals surface area contributed by atoms with Gasteiger partial charge in [-0.2, -0.15) is 13.2 Å². The number of nitrogens with one attached hydrogen (secondary N) is 1. The van der Waals surface area contributed by atoms with E-state index < -0.39 is 37.0 Å². The smallest absolute Gasteiger partial charge is 0.357 e. The molecule has 0 unspecified atom stereocenters. The molecule has 3 N–H and O–H groups in total. The molecule has 10 heteroatoms. The molecule has 0 aliphatic heterocycles. The molecular formula is C11H8BrF3NO4P. The van der Waals surface area contributed by atoms with E-state index in [1.54, 1.807) is 0 Å². The third-order valence-electron chi connectivity index (χ3n) is 2.69. The van der Waals surface area contributed by atoms with E-state index >= 15 is 0 Å². The number of ketones is 1. The number of carbonyl (C=O) groups is 1. The van der Waals surface area contributed by atoms with Gasteiger partial charge in [-0.1, -0.05) is 22.0 Å². The zero-order valence-electron chi connectivity index (χ0n) is 10.1. The van der Waals surface area contributed by atoms with Crippen LogP contribution in [-0.4, -0.2) is 26.7 Å². The summed E-state index contributed by atoms with van der Waals surface area (Å²) in [7, 11) is -4.64. The van der Waals surface area contributed by atoms with Crippen LogP contribution in [0.4, 0.5) is 13.2 Å². The van der Waals surface area contributed by atoms with E-state index in [4.69, 9.17) is 9.79 Å². The topological polar surface area (TPSA) is 90.4 Å². The summed E-state index contributed by atoms with van der Waals surface area (Å²) < 4.78 is 49.6. The van der Waals surface area contributed by atoms with Crippen molar-refractivity contribution in [3.8, 4) is 0 Å². The Balaban J connectivity index is 2.72. The quantitative estimate of drug-likeness (QED) is 0.558. The van der Waals surface area contributed by atoms with Gasteiger partial charge in [-0.3, -0.25) is 9.36 Å². The van der Waals surface area contributed by atoms with Crippen molar-refractivity contribution in [3.05, 3.63) is 33.9 Å². The second-order valence-electron chi connectivity index (χ2n) is 4.32. The van der Waals surface area contributed by atoms with Gasteiger partial charge in [0.2, 0.25) is 0 Å². The molecule has 5 nitrogen and oxygen atoms in total. The minimum Gasteiger partial charge on any atom is -0.357 e. The Morgan fingerprint density at radius 3 is 2.48 bits per heavy atom. The van der Waals surface area contributed by atoms with Crippen molar-refractivity contribution in [1.82, 2.24) is 4.98 Å². The standard InChI is InChI=1S/C11H8BrF3NO4P/c12-5-1-2-6-7(3-5)16-8(4-21(18,19)20)9(6)10(17)11(13,14)15/h1-3,16H,4H2,(H2,18,19,20). The number of Topliss-reactive ketones (excluding diaryl/α,β-unsaturated/α-hetero) is 1. The van der Waals surface area contributed by atoms with Crippen LogP contribution >= 0.6 is 23.5 Å². The summed E-state index contributed by atoms with van der Waals surface area (Å²) in [6.45, 7) is 0. The number of hydrogen-bond acceptors (Lipinski definition) is 2. The number of rotatable bonds is 3. The first-order chi connectivity index (χ1) is 9.49. The summed E-state index contributed by atoms with van der Waals surface area (Å²) in [6.07, 6.45) is -6.11. The lowest BCUT2D eigenvalue weighted by atomic mass is 10.1. The molecule has 0 aliphatic rings. The van der Waals surface area contributed by atoms with Crippen molar-refractivity contribution in [1.29, 1.82) is 0 Å². The highest BCUT2D eigenvalue weighted by molar-refractivity contribution is 9.10. The Hall–Kier alpha value is -1.15. The zero-order valence-corrected chi connectivity index (χ0v) is 12.6. The fourth-order valence-electron chi connectivity index (χ4n) is 1.95. The molecule has 2 rings (SSSR count). The second kappa shape index (κ2) is 5.24. The average Bonchev–Trinajstić information content (AvgIpc) is 2.60. The van der Waals surface area contributed by atoms with E-state index in [2.05, 4.69) is 20.9 Å². The SMILES string of the molecule is O=C(c1c(CP(=O)(O)O)[nH]c2cc(Br)ccc12)C(F)(F)F. The molecule has 0 saturated heterocycles. The number of fused-ring (bicyclic) bond motifs is 1. The van der Waals surface area contributed by atoms with E-state index in [1.807, 2.05) is 0 Å². The van der Waals surface area contributed by atoms with Crippen LogP contribution in [0.5, 0.6) is 0 Å². The Kier molecular flexibility index (Phi) is 4.05. The Morgan fingerprint density at radius 2 is 1.95 bits per heavy atom. The summed E-state index contributed by atoms with van der Waals surface area (Å²) >= 11 is 3.12. The molecule has 1 heterocycles. The first-order valence-electron chi connectivity index (χ1n) is 5.45. The molecule has 0 spiro atoms. The van der Waals surface area contributed by atoms with Gasteiger partial charge in [0.1, 0.15) is 0 Å². The van der Waals surface area contributed by atoms with Crippen LogP contribution in [0.25, 0.3) is 10.9 Å². The maximum absolute atomic E-state index is 12.7. The van der Waals surface area contributed by atoms with Crippen molar-refractivity contribution in [2.75, 3.05) is 0 Å². The lowest BCUT2D eigenvalue weighted by Gasteiger charge is -2.08. The lowest BCUT2D eigenvalue weighted by molar-refractivity contribution is -0.0884. The van der Waals surface area contributed by atoms with E-state index in [-0.39, 0.29) is 10.9 Å². The molecule has 1 aromatic carbocycles. The van der Waals surface area contributed by atoms with Crippen molar-refractivity contribution < 1.29 is 32.3 Å². The molecule has 0 aliphatic carbocycles. The molecule has 0 radical (unpaired) electrons. The van der Waals surface area contributed by atoms with Gasteiger partial charge in [-0.25, -0.2) is 0 Å². The highest BCUT2D eigenvalue weighted by atomic mass is 79.9. The first kappa shape index (κ1) is 16.2. The molecule has 21 heavy (non-hydrogen) atoms. The van der Waals surface area contributed by atoms with Gasteiger partial charge in [0.05, 0.1) is 11.7 Å². The fourth-order valence-corrected chi connectivity index (χ4v) is 2.96. The van der Waals surface area contributed by atoms with Crippen LogP contribution in [0.1, 0.15) is 16.1 Å². The monoisotopic (exact) mass is 385 g/mol. The van der Waals surface area contributed by atoms with Crippen LogP contribution in [-0.2, 0) is 10.7 Å². The summed E-state index contributed by atoms with van der Waals surface area (Å²) in [4.78, 5) is 31.9. The van der Waals surface area contributed by atoms with E-state index in [0.29, 0.717) is 4.47 Å². The van der Waals surface area contributed by atoms with E-state index in [9.17, 15) is 22.5 Å². The number of carbonyl (C=O) groups excluding carboxylic acids is 1. The third-order valence-corrected chi connectivity index (χ3v) is 3.91. The zero-order chi connectivity index (χ0) is 16.0. The molecule has 0 saturated carbocycles. The van der Waals surface area contributed by atoms with Crippen molar-refractivity contribution >= 4 is 40.2 Å². The maximum Gasteiger partial charge on any atom is 0.454 e. The van der Waals surface area contributed by atoms with Gasteiger partial charge < -0.3 is 14.8 Å². The summed E-state index contributed by atoms with van der Waals surface area (Å²) in [5.41, 5.74) is -1.01. The normalized spacial score (nSPS) is 12.9. The predicted octanol–water partition coefficient (Wildman–Crippen LogP) is 3.35. The van der Waals surface area contributed by atoms with Crippen molar-refractivity contribution in [3.63, 3.8) is 0 Å². The third kappa shape index (κ3) is 3.55. The highest BCUT2D eigenvalue weighted by Crippen LogP contribution is 2.42. The summed E-state index contributed by atoms with van der Waals surface area (Å²) in [5.74, 6) is -2.14. The number of H-pyrrole nitrogens is 1. The van der Waals surface area contributed by atoms with Gasteiger partial charge in [-0.15, -0.1) is 0 Å². The summed E-state index contributed by atoms with van der Waals surface area (Å²) in [6, 6.07) is 4.13. The van der Waals surface area contributed by atoms with Gasteiger partial charge in [0, 0.05) is 21.1 Å². The van der Waals surface area contributed by atoms with E-state index in [1.165, 1.54) is 18.2 Å². The van der Waals surface area contributed by atoms with Gasteiger partial charge >= 0.3 is 13.8 Å². The Bertz CT molecular complexity index is 765. The second-order valence-corrected chi connectivity index (χ2v) is 6.88. The highest BCUT2D eigenvalue weighted by Gasteiger charge is 2.42. The molecule has 0 fully saturated rings. The number of aromatic nitrogens is 1. The molecule has 0 bridgehead atoms. The number of hydrogen-bond donors (Lipinski definition) is 3. The van der Waals surface area contributed by atoms with Crippen molar-refractivity contribution in [2.24, 2.45) is 0 Å². The number of halogens is 4. The number of benzene rings is 1. The van der Waals surface area contributed by atoms with Crippen LogP contribution in [0.3, 0.4) is 0 Å². The Labute approximate surface area is 124 Å². The lowest BCUT2D eigenvalue weighted by Crippen LogP contribution is -2.23. The molecule has 2 aromatic rings. The molecule has 1 aromatic heterocycles. The largest absolute Gasteiger partial charge is 0.454 e. The molecular weight excluding hydrogens is 378 g/mol. The average molecular weight is 386 g/mol. The maximum atomic E-state index is 12.7. The van der Waals surface area contributed by atoms with Crippen LogP contribution in [0.2, 0.25) is 0 Å². The van der Waals surface area contributed by atoms with Gasteiger partial charge in [0.15, 0.2) is 0 Å². The molecule has 0 amide bonds. The van der Waals surface area contributed by atoms with Crippen molar-refractivity contribution in [2.45, 2.75) is 12.3 Å². The molecule has 114 valence electrons. The number of aromatic amines is 1. The fraction of sp³-hybridized carbons (Fsp3) is 0.182. The minimum atomic E-state index is -5.13.